The Bertz CT molecular complexity index is 502. The van der Waals surface area contributed by atoms with E-state index < -0.39 is 5.97 Å². The Morgan fingerprint density at radius 1 is 1.32 bits per heavy atom. The molecule has 0 unspecified atom stereocenters. The molecule has 0 radical (unpaired) electrons. The highest BCUT2D eigenvalue weighted by atomic mass is 32.1. The van der Waals surface area contributed by atoms with Gasteiger partial charge < -0.3 is 14.9 Å². The lowest BCUT2D eigenvalue weighted by Crippen LogP contribution is -2.47. The van der Waals surface area contributed by atoms with E-state index >= 15 is 0 Å². The van der Waals surface area contributed by atoms with Crippen molar-refractivity contribution in [2.24, 2.45) is 0 Å². The molecule has 1 amide bonds. The van der Waals surface area contributed by atoms with E-state index in [2.05, 4.69) is 4.90 Å². The van der Waals surface area contributed by atoms with Crippen molar-refractivity contribution in [1.29, 1.82) is 0 Å². The lowest BCUT2D eigenvalue weighted by atomic mass is 10.2. The summed E-state index contributed by atoms with van der Waals surface area (Å²) in [6.07, 6.45) is 2.53. The molecule has 0 bridgehead atoms. The summed E-state index contributed by atoms with van der Waals surface area (Å²) < 4.78 is 0. The number of thiophene rings is 1. The molecule has 0 spiro atoms. The minimum absolute atomic E-state index is 0.00635. The third kappa shape index (κ3) is 3.42. The molecule has 2 rings (SSSR count). The number of carbonyl (C=O) groups is 2. The van der Waals surface area contributed by atoms with Gasteiger partial charge >= 0.3 is 5.97 Å². The summed E-state index contributed by atoms with van der Waals surface area (Å²) in [6, 6.07) is 1.77. The van der Waals surface area contributed by atoms with E-state index in [1.807, 2.05) is 17.3 Å². The van der Waals surface area contributed by atoms with E-state index in [0.29, 0.717) is 10.4 Å². The molecular formula is C13H16N2O3S. The maximum absolute atomic E-state index is 12.4. The van der Waals surface area contributed by atoms with E-state index in [1.165, 1.54) is 17.4 Å². The van der Waals surface area contributed by atoms with Gasteiger partial charge in [-0.3, -0.25) is 4.79 Å². The number of carboxylic acid groups (broad SMARTS) is 1. The van der Waals surface area contributed by atoms with Gasteiger partial charge in [0, 0.05) is 32.3 Å². The molecule has 19 heavy (non-hydrogen) atoms. The fraction of sp³-hybridized carbons (Fsp3) is 0.385. The Labute approximate surface area is 115 Å². The van der Waals surface area contributed by atoms with Crippen molar-refractivity contribution in [1.82, 2.24) is 9.80 Å². The summed E-state index contributed by atoms with van der Waals surface area (Å²) in [6.45, 7) is 3.18. The number of aliphatic carboxylic acids is 1. The minimum atomic E-state index is -1.01. The molecule has 1 N–H and O–H groups in total. The van der Waals surface area contributed by atoms with Crippen LogP contribution in [-0.4, -0.2) is 60.0 Å². The molecule has 2 heterocycles. The van der Waals surface area contributed by atoms with Crippen LogP contribution in [0.1, 0.15) is 15.2 Å². The number of carboxylic acids is 1. The lowest BCUT2D eigenvalue weighted by molar-refractivity contribution is -0.131. The Hall–Kier alpha value is -1.66. The van der Waals surface area contributed by atoms with E-state index in [-0.39, 0.29) is 5.91 Å². The summed E-state index contributed by atoms with van der Waals surface area (Å²) in [5, 5.41) is 10.4. The van der Waals surface area contributed by atoms with Crippen molar-refractivity contribution in [3.63, 3.8) is 0 Å². The smallest absolute Gasteiger partial charge is 0.328 e. The van der Waals surface area contributed by atoms with Gasteiger partial charge in [0.15, 0.2) is 0 Å². The summed E-state index contributed by atoms with van der Waals surface area (Å²) in [5.74, 6) is -1.02. The fourth-order valence-corrected chi connectivity index (χ4v) is 2.79. The highest BCUT2D eigenvalue weighted by Gasteiger charge is 2.22. The van der Waals surface area contributed by atoms with Crippen molar-refractivity contribution < 1.29 is 14.7 Å². The van der Waals surface area contributed by atoms with E-state index in [9.17, 15) is 9.59 Å². The summed E-state index contributed by atoms with van der Waals surface area (Å²) >= 11 is 1.35. The van der Waals surface area contributed by atoms with Crippen molar-refractivity contribution in [3.05, 3.63) is 28.0 Å². The number of hydrogen-bond donors (Lipinski definition) is 1. The van der Waals surface area contributed by atoms with Crippen LogP contribution in [0.15, 0.2) is 17.5 Å². The Morgan fingerprint density at radius 2 is 2.00 bits per heavy atom. The maximum Gasteiger partial charge on any atom is 0.328 e. The highest BCUT2D eigenvalue weighted by molar-refractivity contribution is 7.12. The largest absolute Gasteiger partial charge is 0.478 e. The number of rotatable bonds is 3. The molecular weight excluding hydrogens is 264 g/mol. The van der Waals surface area contributed by atoms with Crippen LogP contribution in [0.4, 0.5) is 0 Å². The van der Waals surface area contributed by atoms with Crippen LogP contribution in [0.2, 0.25) is 0 Å². The zero-order valence-corrected chi connectivity index (χ0v) is 11.5. The van der Waals surface area contributed by atoms with Crippen molar-refractivity contribution >= 4 is 29.3 Å². The van der Waals surface area contributed by atoms with E-state index in [1.54, 1.807) is 6.07 Å². The van der Waals surface area contributed by atoms with Gasteiger partial charge in [0.25, 0.3) is 5.91 Å². The van der Waals surface area contributed by atoms with E-state index in [4.69, 9.17) is 5.11 Å². The van der Waals surface area contributed by atoms with Crippen molar-refractivity contribution in [3.8, 4) is 0 Å². The molecule has 1 aliphatic heterocycles. The predicted molar refractivity (Wildman–Crippen MR) is 74.4 cm³/mol. The molecule has 1 aromatic rings. The van der Waals surface area contributed by atoms with Gasteiger partial charge in [-0.1, -0.05) is 0 Å². The normalized spacial score (nSPS) is 17.0. The molecule has 0 aliphatic carbocycles. The zero-order valence-electron chi connectivity index (χ0n) is 10.7. The maximum atomic E-state index is 12.4. The summed E-state index contributed by atoms with van der Waals surface area (Å²) in [4.78, 5) is 27.5. The van der Waals surface area contributed by atoms with Crippen LogP contribution in [0.5, 0.6) is 0 Å². The third-order valence-electron chi connectivity index (χ3n) is 3.09. The standard InChI is InChI=1S/C13H16N2O3S/c1-14-5-7-15(8-6-14)13(18)12-10(4-9-19-12)2-3-11(16)17/h2-4,9H,5-8H2,1H3,(H,16,17)/b3-2+. The van der Waals surface area contributed by atoms with Crippen molar-refractivity contribution in [2.45, 2.75) is 0 Å². The molecule has 5 nitrogen and oxygen atoms in total. The summed E-state index contributed by atoms with van der Waals surface area (Å²) in [5.41, 5.74) is 0.677. The third-order valence-corrected chi connectivity index (χ3v) is 4.00. The number of piperazine rings is 1. The van der Waals surface area contributed by atoms with Crippen LogP contribution in [0, 0.1) is 0 Å². The molecule has 1 fully saturated rings. The first-order chi connectivity index (χ1) is 9.08. The average Bonchev–Trinajstić information content (AvgIpc) is 2.84. The van der Waals surface area contributed by atoms with Crippen molar-refractivity contribution in [2.75, 3.05) is 33.2 Å². The van der Waals surface area contributed by atoms with Gasteiger partial charge in [-0.15, -0.1) is 11.3 Å². The van der Waals surface area contributed by atoms with Gasteiger partial charge in [-0.05, 0) is 30.1 Å². The number of nitrogens with zero attached hydrogens (tertiary/aromatic N) is 2. The number of likely N-dealkylation sites (N-methyl/N-ethyl adjacent to an activating group) is 1. The molecule has 1 saturated heterocycles. The quantitative estimate of drug-likeness (QED) is 0.846. The fourth-order valence-electron chi connectivity index (χ4n) is 1.94. The zero-order chi connectivity index (χ0) is 13.8. The van der Waals surface area contributed by atoms with Gasteiger partial charge in [-0.25, -0.2) is 4.79 Å². The van der Waals surface area contributed by atoms with Gasteiger partial charge in [0.1, 0.15) is 0 Å². The SMILES string of the molecule is CN1CCN(C(=O)c2sccc2/C=C/C(=O)O)CC1. The van der Waals surface area contributed by atoms with Crippen LogP contribution in [0.3, 0.4) is 0 Å². The molecule has 1 aromatic heterocycles. The lowest BCUT2D eigenvalue weighted by Gasteiger charge is -2.32. The molecule has 0 saturated carbocycles. The summed E-state index contributed by atoms with van der Waals surface area (Å²) in [7, 11) is 2.04. The number of carbonyl (C=O) groups excluding carboxylic acids is 1. The Balaban J connectivity index is 2.11. The van der Waals surface area contributed by atoms with Crippen LogP contribution in [0.25, 0.3) is 6.08 Å². The highest BCUT2D eigenvalue weighted by Crippen LogP contribution is 2.21. The van der Waals surface area contributed by atoms with Crippen LogP contribution >= 0.6 is 11.3 Å². The average molecular weight is 280 g/mol. The van der Waals surface area contributed by atoms with Gasteiger partial charge in [-0.2, -0.15) is 0 Å². The minimum Gasteiger partial charge on any atom is -0.478 e. The molecule has 0 aromatic carbocycles. The van der Waals surface area contributed by atoms with Crippen LogP contribution < -0.4 is 0 Å². The second-order valence-electron chi connectivity index (χ2n) is 4.47. The second kappa shape index (κ2) is 5.99. The first-order valence-electron chi connectivity index (χ1n) is 6.04. The first kappa shape index (κ1) is 13.8. The molecule has 1 aliphatic rings. The number of amides is 1. The van der Waals surface area contributed by atoms with E-state index in [0.717, 1.165) is 32.3 Å². The Morgan fingerprint density at radius 3 is 2.63 bits per heavy atom. The van der Waals surface area contributed by atoms with Gasteiger partial charge in [0.2, 0.25) is 0 Å². The Kier molecular flexibility index (Phi) is 4.34. The first-order valence-corrected chi connectivity index (χ1v) is 6.92. The predicted octanol–water partition coefficient (Wildman–Crippen LogP) is 1.23. The van der Waals surface area contributed by atoms with Gasteiger partial charge in [0.05, 0.1) is 4.88 Å². The topological polar surface area (TPSA) is 60.9 Å². The molecule has 6 heteroatoms. The molecule has 0 atom stereocenters. The van der Waals surface area contributed by atoms with Crippen LogP contribution in [-0.2, 0) is 4.79 Å². The molecule has 102 valence electrons. The monoisotopic (exact) mass is 280 g/mol. The number of hydrogen-bond acceptors (Lipinski definition) is 4. The second-order valence-corrected chi connectivity index (χ2v) is 5.39.